The molecule has 4 aromatic rings. The van der Waals surface area contributed by atoms with Crippen molar-refractivity contribution in [2.45, 2.75) is 16.3 Å². The zero-order chi connectivity index (χ0) is 22.0. The Hall–Kier alpha value is -3.79. The summed E-state index contributed by atoms with van der Waals surface area (Å²) in [6, 6.07) is 9.48. The van der Waals surface area contributed by atoms with Crippen molar-refractivity contribution in [3.05, 3.63) is 84.2 Å². The summed E-state index contributed by atoms with van der Waals surface area (Å²) in [5.74, 6) is -0.627. The molecule has 0 aliphatic carbocycles. The fraction of sp³-hybridized carbons (Fsp3) is 0.0952. The molecule has 0 saturated carbocycles. The third-order valence-electron chi connectivity index (χ3n) is 4.63. The number of benzene rings is 2. The second kappa shape index (κ2) is 8.15. The van der Waals surface area contributed by atoms with E-state index in [0.717, 1.165) is 6.07 Å². The molecule has 0 aliphatic heterocycles. The van der Waals surface area contributed by atoms with Crippen LogP contribution >= 0.6 is 0 Å². The Morgan fingerprint density at radius 2 is 1.87 bits per heavy atom. The number of hydrogen-bond acceptors (Lipinski definition) is 6. The molecule has 0 aliphatic rings. The summed E-state index contributed by atoms with van der Waals surface area (Å²) < 4.78 is 45.8. The molecule has 2 heterocycles. The van der Waals surface area contributed by atoms with Gasteiger partial charge in [-0.3, -0.25) is 9.20 Å². The zero-order valence-electron chi connectivity index (χ0n) is 16.3. The smallest absolute Gasteiger partial charge is 0.254 e. The quantitative estimate of drug-likeness (QED) is 0.495. The van der Waals surface area contributed by atoms with Gasteiger partial charge in [-0.2, -0.15) is 0 Å². The number of hydrogen-bond donors (Lipinski definition) is 1. The van der Waals surface area contributed by atoms with Crippen LogP contribution in [0.2, 0.25) is 0 Å². The van der Waals surface area contributed by atoms with Crippen LogP contribution in [0.3, 0.4) is 0 Å². The van der Waals surface area contributed by atoms with E-state index in [-0.39, 0.29) is 28.0 Å². The fourth-order valence-electron chi connectivity index (χ4n) is 2.95. The van der Waals surface area contributed by atoms with Crippen molar-refractivity contribution in [1.82, 2.24) is 19.7 Å². The highest BCUT2D eigenvalue weighted by atomic mass is 32.2. The Balaban J connectivity index is 1.46. The number of fused-ring (bicyclic) bond motifs is 1. The number of ether oxygens (including phenoxy) is 1. The Kier molecular flexibility index (Phi) is 5.38. The van der Waals surface area contributed by atoms with Gasteiger partial charge in [0.25, 0.3) is 5.91 Å². The molecule has 8 nitrogen and oxygen atoms in total. The van der Waals surface area contributed by atoms with Crippen LogP contribution in [-0.4, -0.2) is 35.8 Å². The van der Waals surface area contributed by atoms with Gasteiger partial charge in [0.2, 0.25) is 15.6 Å². The molecule has 0 fully saturated rings. The maximum absolute atomic E-state index is 13.9. The third kappa shape index (κ3) is 4.10. The molecular formula is C21H17FN4O4S. The molecule has 0 radical (unpaired) electrons. The molecule has 31 heavy (non-hydrogen) atoms. The summed E-state index contributed by atoms with van der Waals surface area (Å²) in [5.41, 5.74) is 1.07. The lowest BCUT2D eigenvalue weighted by Gasteiger charge is -2.09. The molecule has 1 amide bonds. The molecule has 0 atom stereocenters. The van der Waals surface area contributed by atoms with Gasteiger partial charge in [-0.25, -0.2) is 22.8 Å². The van der Waals surface area contributed by atoms with Gasteiger partial charge < -0.3 is 10.1 Å². The summed E-state index contributed by atoms with van der Waals surface area (Å²) >= 11 is 0. The lowest BCUT2D eigenvalue weighted by molar-refractivity contribution is 0.0950. The van der Waals surface area contributed by atoms with Crippen molar-refractivity contribution in [1.29, 1.82) is 0 Å². The minimum atomic E-state index is -3.89. The van der Waals surface area contributed by atoms with E-state index >= 15 is 0 Å². The number of carbonyl (C=O) groups is 1. The normalized spacial score (nSPS) is 11.4. The van der Waals surface area contributed by atoms with E-state index < -0.39 is 15.7 Å². The Labute approximate surface area is 177 Å². The monoisotopic (exact) mass is 440 g/mol. The van der Waals surface area contributed by atoms with Crippen LogP contribution in [0.15, 0.2) is 77.0 Å². The third-order valence-corrected chi connectivity index (χ3v) is 6.40. The van der Waals surface area contributed by atoms with E-state index in [1.165, 1.54) is 37.6 Å². The maximum Gasteiger partial charge on any atom is 0.254 e. The van der Waals surface area contributed by atoms with Crippen molar-refractivity contribution in [2.24, 2.45) is 0 Å². The van der Waals surface area contributed by atoms with E-state index in [2.05, 4.69) is 15.3 Å². The van der Waals surface area contributed by atoms with Crippen LogP contribution in [0.1, 0.15) is 15.9 Å². The first kappa shape index (κ1) is 20.5. The summed E-state index contributed by atoms with van der Waals surface area (Å²) in [7, 11) is -2.59. The van der Waals surface area contributed by atoms with E-state index in [1.54, 1.807) is 35.1 Å². The van der Waals surface area contributed by atoms with Gasteiger partial charge in [0.15, 0.2) is 11.6 Å². The Morgan fingerprint density at radius 1 is 1.13 bits per heavy atom. The van der Waals surface area contributed by atoms with Crippen molar-refractivity contribution >= 4 is 21.5 Å². The maximum atomic E-state index is 13.9. The number of imidazole rings is 1. The summed E-state index contributed by atoms with van der Waals surface area (Å²) in [6.45, 7) is 0.193. The molecule has 2 aromatic heterocycles. The largest absolute Gasteiger partial charge is 0.494 e. The fourth-order valence-corrected chi connectivity index (χ4v) is 4.23. The number of nitrogens with one attached hydrogen (secondary N) is 1. The minimum Gasteiger partial charge on any atom is -0.494 e. The average molecular weight is 440 g/mol. The van der Waals surface area contributed by atoms with Gasteiger partial charge in [0.05, 0.1) is 22.5 Å². The van der Waals surface area contributed by atoms with Crippen LogP contribution in [0.5, 0.6) is 5.75 Å². The summed E-state index contributed by atoms with van der Waals surface area (Å²) in [6.07, 6.45) is 6.32. The summed E-state index contributed by atoms with van der Waals surface area (Å²) in [5, 5.41) is 2.76. The highest BCUT2D eigenvalue weighted by Crippen LogP contribution is 2.25. The number of halogens is 1. The molecule has 0 unspecified atom stereocenters. The zero-order valence-corrected chi connectivity index (χ0v) is 17.1. The summed E-state index contributed by atoms with van der Waals surface area (Å²) in [4.78, 5) is 20.3. The predicted molar refractivity (Wildman–Crippen MR) is 109 cm³/mol. The van der Waals surface area contributed by atoms with Crippen molar-refractivity contribution in [3.8, 4) is 5.75 Å². The number of nitrogens with zero attached hydrogens (tertiary/aromatic N) is 3. The number of rotatable bonds is 6. The van der Waals surface area contributed by atoms with Crippen molar-refractivity contribution in [3.63, 3.8) is 0 Å². The number of methoxy groups -OCH3 is 1. The SMILES string of the molecule is COc1ccc(S(=O)(=O)c2ccc(CNC(=O)c3cnc4nccn4c3)cc2)cc1F. The second-order valence-corrected chi connectivity index (χ2v) is 8.55. The average Bonchev–Trinajstić information content (AvgIpc) is 3.25. The van der Waals surface area contributed by atoms with E-state index in [0.29, 0.717) is 16.9 Å². The molecule has 2 aromatic carbocycles. The van der Waals surface area contributed by atoms with Gasteiger partial charge >= 0.3 is 0 Å². The highest BCUT2D eigenvalue weighted by molar-refractivity contribution is 7.91. The molecule has 4 rings (SSSR count). The number of carbonyl (C=O) groups excluding carboxylic acids is 1. The lowest BCUT2D eigenvalue weighted by Crippen LogP contribution is -2.23. The van der Waals surface area contributed by atoms with Gasteiger partial charge in [-0.05, 0) is 35.9 Å². The topological polar surface area (TPSA) is 103 Å². The number of aromatic nitrogens is 3. The van der Waals surface area contributed by atoms with Crippen molar-refractivity contribution in [2.75, 3.05) is 7.11 Å². The van der Waals surface area contributed by atoms with Gasteiger partial charge in [-0.15, -0.1) is 0 Å². The minimum absolute atomic E-state index is 0.0157. The molecule has 10 heteroatoms. The first-order valence-electron chi connectivity index (χ1n) is 9.13. The van der Waals surface area contributed by atoms with E-state index in [9.17, 15) is 17.6 Å². The predicted octanol–water partition coefficient (Wildman–Crippen LogP) is 2.64. The Bertz CT molecular complexity index is 1370. The van der Waals surface area contributed by atoms with Gasteiger partial charge in [-0.1, -0.05) is 12.1 Å². The van der Waals surface area contributed by atoms with Gasteiger partial charge in [0, 0.05) is 31.3 Å². The van der Waals surface area contributed by atoms with Crippen LogP contribution < -0.4 is 10.1 Å². The standard InChI is InChI=1S/C21H17FN4O4S/c1-30-19-7-6-17(10-18(19)22)31(28,29)16-4-2-14(3-5-16)11-24-20(27)15-12-25-21-23-8-9-26(21)13-15/h2-10,12-13H,11H2,1H3,(H,24,27). The first-order valence-corrected chi connectivity index (χ1v) is 10.6. The van der Waals surface area contributed by atoms with Crippen LogP contribution in [-0.2, 0) is 16.4 Å². The van der Waals surface area contributed by atoms with Crippen LogP contribution in [0.25, 0.3) is 5.78 Å². The second-order valence-electron chi connectivity index (χ2n) is 6.60. The van der Waals surface area contributed by atoms with E-state index in [4.69, 9.17) is 4.74 Å². The highest BCUT2D eigenvalue weighted by Gasteiger charge is 2.19. The number of sulfone groups is 1. The molecule has 0 spiro atoms. The molecular weight excluding hydrogens is 423 g/mol. The van der Waals surface area contributed by atoms with Crippen LogP contribution in [0, 0.1) is 5.82 Å². The molecule has 0 saturated heterocycles. The number of amides is 1. The molecule has 0 bridgehead atoms. The lowest BCUT2D eigenvalue weighted by atomic mass is 10.2. The van der Waals surface area contributed by atoms with Gasteiger partial charge in [0.1, 0.15) is 0 Å². The molecule has 1 N–H and O–H groups in total. The van der Waals surface area contributed by atoms with Crippen LogP contribution in [0.4, 0.5) is 4.39 Å². The van der Waals surface area contributed by atoms with Crippen molar-refractivity contribution < 1.29 is 22.3 Å². The molecule has 158 valence electrons. The van der Waals surface area contributed by atoms with E-state index in [1.807, 2.05) is 0 Å². The first-order chi connectivity index (χ1) is 14.9. The Morgan fingerprint density at radius 3 is 2.58 bits per heavy atom.